The Bertz CT molecular complexity index is 443. The molecule has 116 valence electrons. The summed E-state index contributed by atoms with van der Waals surface area (Å²) < 4.78 is 0. The summed E-state index contributed by atoms with van der Waals surface area (Å²) in [5.41, 5.74) is 1.07. The van der Waals surface area contributed by atoms with E-state index >= 15 is 0 Å². The molecule has 0 bridgehead atoms. The van der Waals surface area contributed by atoms with Gasteiger partial charge in [0.05, 0.1) is 6.54 Å². The maximum absolute atomic E-state index is 12.1. The van der Waals surface area contributed by atoms with E-state index in [2.05, 4.69) is 22.5 Å². The van der Waals surface area contributed by atoms with Crippen molar-refractivity contribution in [1.29, 1.82) is 0 Å². The van der Waals surface area contributed by atoms with E-state index in [0.29, 0.717) is 24.2 Å². The number of carbonyl (C=O) groups excluding carboxylic acids is 1. The van der Waals surface area contributed by atoms with Gasteiger partial charge in [-0.05, 0) is 43.6 Å². The highest BCUT2D eigenvalue weighted by atomic mass is 35.5. The fourth-order valence-electron chi connectivity index (χ4n) is 2.67. The van der Waals surface area contributed by atoms with Crippen molar-refractivity contribution in [3.8, 4) is 0 Å². The van der Waals surface area contributed by atoms with Gasteiger partial charge in [0.2, 0.25) is 5.91 Å². The summed E-state index contributed by atoms with van der Waals surface area (Å²) in [7, 11) is 0. The predicted octanol–water partition coefficient (Wildman–Crippen LogP) is 2.03. The molecule has 0 spiro atoms. The van der Waals surface area contributed by atoms with Crippen molar-refractivity contribution in [2.45, 2.75) is 32.4 Å². The van der Waals surface area contributed by atoms with Crippen molar-refractivity contribution >= 4 is 17.5 Å². The number of hydrogen-bond acceptors (Lipinski definition) is 3. The van der Waals surface area contributed by atoms with Crippen LogP contribution in [0.1, 0.15) is 25.3 Å². The topological polar surface area (TPSA) is 44.4 Å². The maximum atomic E-state index is 12.1. The van der Waals surface area contributed by atoms with Crippen molar-refractivity contribution in [1.82, 2.24) is 15.5 Å². The molecular formula is C16H24ClN3O. The summed E-state index contributed by atoms with van der Waals surface area (Å²) in [4.78, 5) is 14.4. The van der Waals surface area contributed by atoms with E-state index in [1.165, 1.54) is 0 Å². The minimum Gasteiger partial charge on any atom is -0.351 e. The molecule has 21 heavy (non-hydrogen) atoms. The van der Waals surface area contributed by atoms with Gasteiger partial charge < -0.3 is 10.6 Å². The normalized spacial score (nSPS) is 18.1. The van der Waals surface area contributed by atoms with Crippen LogP contribution in [0.25, 0.3) is 0 Å². The minimum absolute atomic E-state index is 0.0882. The predicted molar refractivity (Wildman–Crippen MR) is 86.4 cm³/mol. The van der Waals surface area contributed by atoms with Crippen molar-refractivity contribution < 1.29 is 4.79 Å². The van der Waals surface area contributed by atoms with E-state index in [0.717, 1.165) is 38.0 Å². The zero-order valence-corrected chi connectivity index (χ0v) is 13.3. The third-order valence-electron chi connectivity index (χ3n) is 3.81. The molecule has 2 rings (SSSR count). The van der Waals surface area contributed by atoms with Gasteiger partial charge in [0, 0.05) is 24.2 Å². The summed E-state index contributed by atoms with van der Waals surface area (Å²) in [6, 6.07) is 8.06. The van der Waals surface area contributed by atoms with Crippen molar-refractivity contribution in [3.63, 3.8) is 0 Å². The molecule has 1 saturated heterocycles. The molecule has 1 heterocycles. The summed E-state index contributed by atoms with van der Waals surface area (Å²) in [5.74, 6) is 0.0882. The molecule has 1 aromatic rings. The molecule has 4 nitrogen and oxygen atoms in total. The second-order valence-electron chi connectivity index (χ2n) is 5.52. The lowest BCUT2D eigenvalue weighted by Crippen LogP contribution is -2.44. The molecule has 1 atom stereocenters. The molecule has 1 aliphatic rings. The van der Waals surface area contributed by atoms with Crippen LogP contribution < -0.4 is 10.6 Å². The number of nitrogens with one attached hydrogen (secondary N) is 2. The zero-order chi connectivity index (χ0) is 15.1. The second-order valence-corrected chi connectivity index (χ2v) is 5.96. The van der Waals surface area contributed by atoms with Gasteiger partial charge in [-0.2, -0.15) is 0 Å². The first-order valence-electron chi connectivity index (χ1n) is 7.65. The summed E-state index contributed by atoms with van der Waals surface area (Å²) >= 11 is 5.85. The monoisotopic (exact) mass is 309 g/mol. The molecule has 0 radical (unpaired) electrons. The van der Waals surface area contributed by atoms with E-state index in [-0.39, 0.29) is 5.91 Å². The fraction of sp³-hybridized carbons (Fsp3) is 0.562. The largest absolute Gasteiger partial charge is 0.351 e. The van der Waals surface area contributed by atoms with Crippen LogP contribution >= 0.6 is 11.6 Å². The van der Waals surface area contributed by atoms with E-state index in [9.17, 15) is 4.79 Å². The van der Waals surface area contributed by atoms with E-state index in [1.807, 2.05) is 24.3 Å². The Hall–Kier alpha value is -1.10. The standard InChI is InChI=1S/C16H24ClN3O/c1-2-9-20(15-7-8-18-11-15)12-16(21)19-10-13-3-5-14(17)6-4-13/h3-6,15,18H,2,7-12H2,1H3,(H,19,21). The van der Waals surface area contributed by atoms with Crippen LogP contribution in [-0.2, 0) is 11.3 Å². The average molecular weight is 310 g/mol. The molecule has 0 aromatic heterocycles. The van der Waals surface area contributed by atoms with Crippen molar-refractivity contribution in [2.24, 2.45) is 0 Å². The van der Waals surface area contributed by atoms with E-state index in [1.54, 1.807) is 0 Å². The Kier molecular flexibility index (Phi) is 6.49. The van der Waals surface area contributed by atoms with E-state index < -0.39 is 0 Å². The molecule has 5 heteroatoms. The number of rotatable bonds is 7. The van der Waals surface area contributed by atoms with Gasteiger partial charge in [-0.3, -0.25) is 9.69 Å². The number of halogens is 1. The molecule has 1 unspecified atom stereocenters. The van der Waals surface area contributed by atoms with Crippen molar-refractivity contribution in [2.75, 3.05) is 26.2 Å². The quantitative estimate of drug-likeness (QED) is 0.810. The third kappa shape index (κ3) is 5.30. The van der Waals surface area contributed by atoms with Crippen molar-refractivity contribution in [3.05, 3.63) is 34.9 Å². The highest BCUT2D eigenvalue weighted by Gasteiger charge is 2.23. The van der Waals surface area contributed by atoms with Gasteiger partial charge in [0.25, 0.3) is 0 Å². The lowest BCUT2D eigenvalue weighted by atomic mass is 10.2. The number of amides is 1. The molecule has 0 saturated carbocycles. The summed E-state index contributed by atoms with van der Waals surface area (Å²) in [6.45, 7) is 6.20. The molecule has 0 aliphatic carbocycles. The number of benzene rings is 1. The molecular weight excluding hydrogens is 286 g/mol. The summed E-state index contributed by atoms with van der Waals surface area (Å²) in [6.07, 6.45) is 2.20. The second kappa shape index (κ2) is 8.37. The van der Waals surface area contributed by atoms with Gasteiger partial charge in [-0.15, -0.1) is 0 Å². The van der Waals surface area contributed by atoms with Crippen LogP contribution in [0.2, 0.25) is 5.02 Å². The lowest BCUT2D eigenvalue weighted by molar-refractivity contribution is -0.122. The first-order valence-corrected chi connectivity index (χ1v) is 8.02. The van der Waals surface area contributed by atoms with Crippen LogP contribution in [0.3, 0.4) is 0 Å². The first-order chi connectivity index (χ1) is 10.2. The van der Waals surface area contributed by atoms with Gasteiger partial charge in [0.1, 0.15) is 0 Å². The lowest BCUT2D eigenvalue weighted by Gasteiger charge is -2.27. The fourth-order valence-corrected chi connectivity index (χ4v) is 2.80. The third-order valence-corrected chi connectivity index (χ3v) is 4.06. The highest BCUT2D eigenvalue weighted by molar-refractivity contribution is 6.30. The molecule has 2 N–H and O–H groups in total. The molecule has 1 aromatic carbocycles. The molecule has 1 amide bonds. The van der Waals surface area contributed by atoms with Gasteiger partial charge in [0.15, 0.2) is 0 Å². The minimum atomic E-state index is 0.0882. The molecule has 1 aliphatic heterocycles. The number of nitrogens with zero attached hydrogens (tertiary/aromatic N) is 1. The van der Waals surface area contributed by atoms with Crippen LogP contribution in [0.15, 0.2) is 24.3 Å². The Morgan fingerprint density at radius 3 is 2.81 bits per heavy atom. The molecule has 1 fully saturated rings. The SMILES string of the molecule is CCCN(CC(=O)NCc1ccc(Cl)cc1)C1CCNC1. The first kappa shape index (κ1) is 16.3. The zero-order valence-electron chi connectivity index (χ0n) is 12.6. The van der Waals surface area contributed by atoms with Crippen LogP contribution in [0.5, 0.6) is 0 Å². The Labute approximate surface area is 131 Å². The smallest absolute Gasteiger partial charge is 0.234 e. The van der Waals surface area contributed by atoms with Gasteiger partial charge in [-0.25, -0.2) is 0 Å². The maximum Gasteiger partial charge on any atom is 0.234 e. The van der Waals surface area contributed by atoms with Crippen LogP contribution in [0, 0.1) is 0 Å². The Balaban J connectivity index is 1.79. The van der Waals surface area contributed by atoms with Crippen LogP contribution in [-0.4, -0.2) is 43.0 Å². The van der Waals surface area contributed by atoms with E-state index in [4.69, 9.17) is 11.6 Å². The Morgan fingerprint density at radius 1 is 1.43 bits per heavy atom. The summed E-state index contributed by atoms with van der Waals surface area (Å²) in [5, 5.41) is 7.06. The highest BCUT2D eigenvalue weighted by Crippen LogP contribution is 2.10. The number of hydrogen-bond donors (Lipinski definition) is 2. The Morgan fingerprint density at radius 2 is 2.19 bits per heavy atom. The van der Waals surface area contributed by atoms with Gasteiger partial charge in [-0.1, -0.05) is 30.7 Å². The number of carbonyl (C=O) groups is 1. The average Bonchev–Trinajstić information content (AvgIpc) is 3.00. The van der Waals surface area contributed by atoms with Crippen LogP contribution in [0.4, 0.5) is 0 Å². The van der Waals surface area contributed by atoms with Gasteiger partial charge >= 0.3 is 0 Å².